The maximum absolute atomic E-state index is 7.51. The molecule has 23 heavy (non-hydrogen) atoms. The Labute approximate surface area is 134 Å². The van der Waals surface area contributed by atoms with Crippen molar-refractivity contribution in [1.29, 1.82) is 0 Å². The first-order chi connectivity index (χ1) is 11.0. The van der Waals surface area contributed by atoms with Crippen LogP contribution in [0.1, 0.15) is 22.3 Å². The minimum absolute atomic E-state index is 0.519. The second kappa shape index (κ2) is 4.44. The zero-order valence-electron chi connectivity index (χ0n) is 13.3. The van der Waals surface area contributed by atoms with Gasteiger partial charge in [0.15, 0.2) is 12.2 Å². The van der Waals surface area contributed by atoms with E-state index in [0.717, 1.165) is 17.4 Å². The van der Waals surface area contributed by atoms with Crippen molar-refractivity contribution in [3.63, 3.8) is 0 Å². The fourth-order valence-electron chi connectivity index (χ4n) is 3.55. The van der Waals surface area contributed by atoms with E-state index in [1.54, 1.807) is 6.07 Å². The molecule has 0 radical (unpaired) electrons. The molecule has 0 amide bonds. The van der Waals surface area contributed by atoms with Gasteiger partial charge in [0.1, 0.15) is 11.2 Å². The molecule has 0 spiro atoms. The van der Waals surface area contributed by atoms with Gasteiger partial charge in [-0.1, -0.05) is 0 Å². The summed E-state index contributed by atoms with van der Waals surface area (Å²) in [4.78, 5) is 7.16. The third-order valence-corrected chi connectivity index (χ3v) is 4.86. The number of hydrogen-bond donors (Lipinski definition) is 0. The van der Waals surface area contributed by atoms with Crippen LogP contribution in [0.5, 0.6) is 0 Å². The van der Waals surface area contributed by atoms with Gasteiger partial charge >= 0.3 is 0 Å². The summed E-state index contributed by atoms with van der Waals surface area (Å²) in [6.07, 6.45) is 2.04. The normalized spacial score (nSPS) is 11.9. The lowest BCUT2D eigenvalue weighted by molar-refractivity contribution is -0.749. The molecule has 3 aromatic rings. The van der Waals surface area contributed by atoms with E-state index in [1.165, 1.54) is 27.9 Å². The van der Waals surface area contributed by atoms with Crippen molar-refractivity contribution in [1.82, 2.24) is 4.68 Å². The van der Waals surface area contributed by atoms with E-state index in [2.05, 4.69) is 45.9 Å². The van der Waals surface area contributed by atoms with Gasteiger partial charge in [0.25, 0.3) is 0 Å². The summed E-state index contributed by atoms with van der Waals surface area (Å²) < 4.78 is 4.29. The van der Waals surface area contributed by atoms with Crippen LogP contribution in [-0.4, -0.2) is 4.68 Å². The summed E-state index contributed by atoms with van der Waals surface area (Å²) in [5, 5.41) is 0.952. The molecule has 2 aromatic carbocycles. The van der Waals surface area contributed by atoms with Gasteiger partial charge in [-0.15, -0.1) is 9.36 Å². The fourth-order valence-corrected chi connectivity index (χ4v) is 3.55. The van der Waals surface area contributed by atoms with Crippen LogP contribution in [0.4, 0.5) is 11.4 Å². The molecule has 1 aliphatic heterocycles. The van der Waals surface area contributed by atoms with E-state index in [1.807, 2.05) is 12.3 Å². The van der Waals surface area contributed by atoms with E-state index < -0.39 is 0 Å². The van der Waals surface area contributed by atoms with E-state index >= 15 is 0 Å². The maximum atomic E-state index is 7.51. The minimum atomic E-state index is 0.519. The van der Waals surface area contributed by atoms with Crippen molar-refractivity contribution in [2.75, 3.05) is 0 Å². The molecule has 0 atom stereocenters. The quantitative estimate of drug-likeness (QED) is 0.340. The predicted molar refractivity (Wildman–Crippen MR) is 89.3 cm³/mol. The van der Waals surface area contributed by atoms with Crippen molar-refractivity contribution in [3.05, 3.63) is 69.5 Å². The molecular weight excluding hydrogens is 284 g/mol. The second-order valence-corrected chi connectivity index (χ2v) is 6.12. The average molecular weight is 299 g/mol. The molecule has 2 heterocycles. The largest absolute Gasteiger partial charge is 0.239 e. The van der Waals surface area contributed by atoms with Gasteiger partial charge in [0, 0.05) is 10.9 Å². The van der Waals surface area contributed by atoms with Crippen LogP contribution < -0.4 is 4.68 Å². The van der Waals surface area contributed by atoms with Gasteiger partial charge in [-0.05, 0) is 55.7 Å². The van der Waals surface area contributed by atoms with Gasteiger partial charge in [-0.2, -0.15) is 0 Å². The van der Waals surface area contributed by atoms with Crippen LogP contribution in [0.15, 0.2) is 24.4 Å². The third kappa shape index (κ3) is 1.67. The molecule has 0 saturated heterocycles. The number of aromatic nitrogens is 2. The number of nitrogens with zero attached hydrogens (tertiary/aromatic N) is 4. The summed E-state index contributed by atoms with van der Waals surface area (Å²) in [6.45, 7) is 22.0. The summed E-state index contributed by atoms with van der Waals surface area (Å²) >= 11 is 0. The summed E-state index contributed by atoms with van der Waals surface area (Å²) in [7, 11) is 0. The van der Waals surface area contributed by atoms with Crippen molar-refractivity contribution in [2.45, 2.75) is 27.3 Å². The van der Waals surface area contributed by atoms with Gasteiger partial charge < -0.3 is 0 Å². The van der Waals surface area contributed by atoms with E-state index in [-0.39, 0.29) is 0 Å². The third-order valence-electron chi connectivity index (χ3n) is 4.86. The number of hydrogen-bond acceptors (Lipinski definition) is 0. The molecule has 0 saturated carbocycles. The van der Waals surface area contributed by atoms with Gasteiger partial charge in [-0.3, -0.25) is 0 Å². The van der Waals surface area contributed by atoms with Gasteiger partial charge in [0.2, 0.25) is 11.9 Å². The highest BCUT2D eigenvalue weighted by atomic mass is 15.4. The number of fused-ring (bicyclic) bond motifs is 5. The van der Waals surface area contributed by atoms with Crippen molar-refractivity contribution < 1.29 is 4.68 Å². The van der Waals surface area contributed by atoms with Gasteiger partial charge in [0.05, 0.1) is 13.1 Å². The topological polar surface area (TPSA) is 17.5 Å². The van der Waals surface area contributed by atoms with Crippen molar-refractivity contribution in [3.8, 4) is 5.69 Å². The number of rotatable bonds is 0. The van der Waals surface area contributed by atoms with Crippen LogP contribution in [0, 0.1) is 33.9 Å². The van der Waals surface area contributed by atoms with Crippen LogP contribution >= 0.6 is 0 Å². The SMILES string of the molecule is [C-]#[N+]c1cc([N+]#[C-])c2c(c1)c[n+]1n2-c2c(cc(C)c(C)c2C)C1. The molecule has 0 N–H and O–H groups in total. The summed E-state index contributed by atoms with van der Waals surface area (Å²) in [5.74, 6) is 0. The molecule has 0 fully saturated rings. The van der Waals surface area contributed by atoms with E-state index in [0.29, 0.717) is 11.4 Å². The molecule has 110 valence electrons. The van der Waals surface area contributed by atoms with Crippen molar-refractivity contribution in [2.24, 2.45) is 0 Å². The zero-order chi connectivity index (χ0) is 16.3. The lowest BCUT2D eigenvalue weighted by Gasteiger charge is -2.10. The Kier molecular flexibility index (Phi) is 2.62. The summed E-state index contributed by atoms with van der Waals surface area (Å²) in [6, 6.07) is 5.80. The summed E-state index contributed by atoms with van der Waals surface area (Å²) in [5.41, 5.74) is 8.29. The molecule has 0 aliphatic carbocycles. The Bertz CT molecular complexity index is 1090. The highest BCUT2D eigenvalue weighted by molar-refractivity contribution is 5.95. The molecule has 1 aliphatic rings. The van der Waals surface area contributed by atoms with Crippen LogP contribution in [0.3, 0.4) is 0 Å². The van der Waals surface area contributed by atoms with Crippen LogP contribution in [-0.2, 0) is 6.54 Å². The predicted octanol–water partition coefficient (Wildman–Crippen LogP) is 4.31. The Hall–Kier alpha value is -3.11. The molecule has 0 unspecified atom stereocenters. The first kappa shape index (κ1) is 13.5. The fraction of sp³-hybridized carbons (Fsp3) is 0.211. The smallest absolute Gasteiger partial charge is 0.207 e. The first-order valence-electron chi connectivity index (χ1n) is 7.49. The Morgan fingerprint density at radius 3 is 2.52 bits per heavy atom. The van der Waals surface area contributed by atoms with E-state index in [4.69, 9.17) is 13.1 Å². The standard InChI is InChI=1S/C19H15N4/c1-11-6-14-9-22-10-15-7-16(20-4)8-17(21-5)19(15)23(22)18(14)13(3)12(11)2/h6-8,10H,9H2,1-3H3/q+1. The number of aryl methyl sites for hydroxylation is 1. The molecule has 4 nitrogen and oxygen atoms in total. The monoisotopic (exact) mass is 299 g/mol. The zero-order valence-corrected chi connectivity index (χ0v) is 13.3. The molecule has 4 rings (SSSR count). The second-order valence-electron chi connectivity index (χ2n) is 6.12. The Morgan fingerprint density at radius 2 is 1.83 bits per heavy atom. The van der Waals surface area contributed by atoms with Gasteiger partial charge in [-0.25, -0.2) is 9.69 Å². The van der Waals surface area contributed by atoms with Crippen LogP contribution in [0.2, 0.25) is 0 Å². The number of benzene rings is 2. The maximum Gasteiger partial charge on any atom is 0.207 e. The molecule has 0 bridgehead atoms. The van der Waals surface area contributed by atoms with Crippen LogP contribution in [0.25, 0.3) is 26.3 Å². The first-order valence-corrected chi connectivity index (χ1v) is 7.49. The lowest BCUT2D eigenvalue weighted by Crippen LogP contribution is -2.36. The highest BCUT2D eigenvalue weighted by Crippen LogP contribution is 2.37. The minimum Gasteiger partial charge on any atom is -0.239 e. The Morgan fingerprint density at radius 1 is 1.04 bits per heavy atom. The average Bonchev–Trinajstić information content (AvgIpc) is 3.06. The van der Waals surface area contributed by atoms with E-state index in [9.17, 15) is 0 Å². The highest BCUT2D eigenvalue weighted by Gasteiger charge is 2.32. The lowest BCUT2D eigenvalue weighted by atomic mass is 9.98. The molecule has 4 heteroatoms. The molecular formula is C19H15N4+. The molecule has 1 aromatic heterocycles. The Balaban J connectivity index is 2.15. The van der Waals surface area contributed by atoms with Crippen molar-refractivity contribution >= 4 is 22.3 Å².